The number of pyridine rings is 1. The number of hydrogen-bond donors (Lipinski definition) is 1. The number of hydrogen-bond acceptors (Lipinski definition) is 5. The van der Waals surface area contributed by atoms with Gasteiger partial charge in [-0.05, 0) is 64.1 Å². The highest BCUT2D eigenvalue weighted by molar-refractivity contribution is 14.1. The number of aliphatic hydroxyl groups is 1. The van der Waals surface area contributed by atoms with Crippen molar-refractivity contribution in [3.63, 3.8) is 0 Å². The average molecular weight is 513 g/mol. The van der Waals surface area contributed by atoms with E-state index in [4.69, 9.17) is 4.74 Å². The number of benzene rings is 2. The zero-order chi connectivity index (χ0) is 20.7. The lowest BCUT2D eigenvalue weighted by Crippen LogP contribution is -2.39. The maximum atomic E-state index is 13.4. The first-order chi connectivity index (χ1) is 14.6. The van der Waals surface area contributed by atoms with Crippen molar-refractivity contribution in [3.8, 4) is 0 Å². The normalized spacial score (nSPS) is 19.4. The zero-order valence-electron chi connectivity index (χ0n) is 16.2. The Morgan fingerprint density at radius 3 is 2.73 bits per heavy atom. The van der Waals surface area contributed by atoms with E-state index in [-0.39, 0.29) is 18.2 Å². The van der Waals surface area contributed by atoms with Crippen LogP contribution in [-0.4, -0.2) is 39.0 Å². The van der Waals surface area contributed by atoms with Crippen molar-refractivity contribution < 1.29 is 9.84 Å². The van der Waals surface area contributed by atoms with Gasteiger partial charge in [-0.1, -0.05) is 30.3 Å². The Labute approximate surface area is 186 Å². The summed E-state index contributed by atoms with van der Waals surface area (Å²) in [6, 6.07) is 13.7. The van der Waals surface area contributed by atoms with Crippen molar-refractivity contribution in [2.45, 2.75) is 25.0 Å². The van der Waals surface area contributed by atoms with E-state index in [0.717, 1.165) is 25.6 Å². The molecule has 0 spiro atoms. The predicted octanol–water partition coefficient (Wildman–Crippen LogP) is 3.46. The molecule has 1 N–H and O–H groups in total. The molecule has 6 nitrogen and oxygen atoms in total. The van der Waals surface area contributed by atoms with E-state index >= 15 is 0 Å². The van der Waals surface area contributed by atoms with Gasteiger partial charge in [0.1, 0.15) is 3.70 Å². The van der Waals surface area contributed by atoms with Gasteiger partial charge in [0.15, 0.2) is 0 Å². The zero-order valence-corrected chi connectivity index (χ0v) is 18.3. The standard InChI is InChI=1S/C23H20IN3O3/c24-21-6-5-14(11-25-21)9-15-10-18-22(17-4-2-1-3-16(15)17)26-13-27(23(18)29)19-7-8-30-12-20(19)28/h1-6,10-11,13,19-20,28H,7-9,12H2/t19?,20-/m0/s1. The minimum atomic E-state index is -0.714. The molecule has 1 aliphatic heterocycles. The highest BCUT2D eigenvalue weighted by Crippen LogP contribution is 2.28. The monoisotopic (exact) mass is 513 g/mol. The summed E-state index contributed by atoms with van der Waals surface area (Å²) in [6.07, 6.45) is 3.99. The van der Waals surface area contributed by atoms with Crippen LogP contribution in [0.4, 0.5) is 0 Å². The van der Waals surface area contributed by atoms with E-state index in [0.29, 0.717) is 30.4 Å². The SMILES string of the molecule is O=c1c2cc(Cc3ccc(I)nc3)c3ccccc3c2ncn1C1CCOC[C@@H]1O. The van der Waals surface area contributed by atoms with Crippen LogP contribution >= 0.6 is 22.6 Å². The summed E-state index contributed by atoms with van der Waals surface area (Å²) < 4.78 is 7.84. The minimum absolute atomic E-state index is 0.126. The molecule has 30 heavy (non-hydrogen) atoms. The smallest absolute Gasteiger partial charge is 0.261 e. The summed E-state index contributed by atoms with van der Waals surface area (Å²) in [6.45, 7) is 0.757. The van der Waals surface area contributed by atoms with Gasteiger partial charge in [0.2, 0.25) is 0 Å². The van der Waals surface area contributed by atoms with Gasteiger partial charge in [-0.15, -0.1) is 0 Å². The van der Waals surface area contributed by atoms with Crippen LogP contribution in [0.15, 0.2) is 59.8 Å². The lowest BCUT2D eigenvalue weighted by atomic mass is 9.96. The Hall–Kier alpha value is -2.36. The molecule has 2 aromatic carbocycles. The van der Waals surface area contributed by atoms with Gasteiger partial charge in [-0.3, -0.25) is 14.3 Å². The Morgan fingerprint density at radius 1 is 1.13 bits per heavy atom. The summed E-state index contributed by atoms with van der Waals surface area (Å²) in [5, 5.41) is 13.0. The van der Waals surface area contributed by atoms with Crippen LogP contribution < -0.4 is 5.56 Å². The first-order valence-electron chi connectivity index (χ1n) is 9.89. The van der Waals surface area contributed by atoms with E-state index in [1.54, 1.807) is 10.9 Å². The number of rotatable bonds is 3. The van der Waals surface area contributed by atoms with Crippen LogP contribution in [0, 0.1) is 3.70 Å². The van der Waals surface area contributed by atoms with Crippen LogP contribution in [0.1, 0.15) is 23.6 Å². The molecule has 1 aliphatic rings. The Morgan fingerprint density at radius 2 is 1.97 bits per heavy atom. The van der Waals surface area contributed by atoms with Gasteiger partial charge in [0.25, 0.3) is 5.56 Å². The van der Waals surface area contributed by atoms with E-state index in [9.17, 15) is 9.90 Å². The lowest BCUT2D eigenvalue weighted by Gasteiger charge is -2.29. The van der Waals surface area contributed by atoms with E-state index < -0.39 is 6.10 Å². The van der Waals surface area contributed by atoms with Crippen molar-refractivity contribution in [3.05, 3.63) is 80.2 Å². The molecular formula is C23H20IN3O3. The molecule has 0 amide bonds. The third-order valence-electron chi connectivity index (χ3n) is 5.71. The Bertz CT molecular complexity index is 1290. The topological polar surface area (TPSA) is 77.2 Å². The van der Waals surface area contributed by atoms with Crippen LogP contribution in [0.25, 0.3) is 21.7 Å². The number of aliphatic hydroxyl groups excluding tert-OH is 1. The van der Waals surface area contributed by atoms with E-state index in [1.807, 2.05) is 36.5 Å². The summed E-state index contributed by atoms with van der Waals surface area (Å²) in [4.78, 5) is 22.4. The maximum Gasteiger partial charge on any atom is 0.261 e. The molecule has 1 unspecified atom stereocenters. The van der Waals surface area contributed by atoms with Crippen LogP contribution in [-0.2, 0) is 11.2 Å². The largest absolute Gasteiger partial charge is 0.389 e. The van der Waals surface area contributed by atoms with Gasteiger partial charge in [-0.25, -0.2) is 4.98 Å². The molecule has 0 radical (unpaired) electrons. The number of halogens is 1. The van der Waals surface area contributed by atoms with Gasteiger partial charge in [-0.2, -0.15) is 0 Å². The first kappa shape index (κ1) is 19.6. The molecule has 2 aromatic heterocycles. The van der Waals surface area contributed by atoms with Crippen LogP contribution in [0.5, 0.6) is 0 Å². The Kier molecular flexibility index (Phi) is 5.26. The lowest BCUT2D eigenvalue weighted by molar-refractivity contribution is -0.0395. The molecule has 3 heterocycles. The molecule has 152 valence electrons. The van der Waals surface area contributed by atoms with Crippen molar-refractivity contribution in [1.82, 2.24) is 14.5 Å². The third-order valence-corrected chi connectivity index (χ3v) is 6.35. The van der Waals surface area contributed by atoms with Gasteiger partial charge in [0.05, 0.1) is 36.0 Å². The number of aromatic nitrogens is 3. The van der Waals surface area contributed by atoms with Crippen molar-refractivity contribution in [2.75, 3.05) is 13.2 Å². The average Bonchev–Trinajstić information content (AvgIpc) is 2.77. The van der Waals surface area contributed by atoms with Gasteiger partial charge < -0.3 is 9.84 Å². The van der Waals surface area contributed by atoms with Crippen LogP contribution in [0.2, 0.25) is 0 Å². The fraction of sp³-hybridized carbons (Fsp3) is 0.261. The maximum absolute atomic E-state index is 13.4. The summed E-state index contributed by atoms with van der Waals surface area (Å²) in [7, 11) is 0. The number of fused-ring (bicyclic) bond motifs is 3. The second kappa shape index (κ2) is 8.05. The Balaban J connectivity index is 1.70. The van der Waals surface area contributed by atoms with Crippen molar-refractivity contribution in [1.29, 1.82) is 0 Å². The van der Waals surface area contributed by atoms with E-state index in [1.165, 1.54) is 0 Å². The molecule has 0 saturated carbocycles. The molecule has 1 fully saturated rings. The number of nitrogens with zero attached hydrogens (tertiary/aromatic N) is 3. The van der Waals surface area contributed by atoms with Crippen molar-refractivity contribution in [2.24, 2.45) is 0 Å². The summed E-state index contributed by atoms with van der Waals surface area (Å²) in [5.41, 5.74) is 2.71. The predicted molar refractivity (Wildman–Crippen MR) is 124 cm³/mol. The summed E-state index contributed by atoms with van der Waals surface area (Å²) in [5.74, 6) is 0. The molecule has 5 rings (SSSR count). The van der Waals surface area contributed by atoms with Crippen LogP contribution in [0.3, 0.4) is 0 Å². The third kappa shape index (κ3) is 3.51. The van der Waals surface area contributed by atoms with Gasteiger partial charge in [0, 0.05) is 18.2 Å². The minimum Gasteiger partial charge on any atom is -0.389 e. The quantitative estimate of drug-likeness (QED) is 0.258. The second-order valence-electron chi connectivity index (χ2n) is 7.60. The number of ether oxygens (including phenoxy) is 1. The highest BCUT2D eigenvalue weighted by atomic mass is 127. The molecule has 2 atom stereocenters. The molecule has 7 heteroatoms. The fourth-order valence-corrected chi connectivity index (χ4v) is 4.52. The molecule has 4 aromatic rings. The molecule has 0 aliphatic carbocycles. The van der Waals surface area contributed by atoms with Gasteiger partial charge >= 0.3 is 0 Å². The highest BCUT2D eigenvalue weighted by Gasteiger charge is 2.27. The fourth-order valence-electron chi connectivity index (χ4n) is 4.20. The van der Waals surface area contributed by atoms with E-state index in [2.05, 4.69) is 44.7 Å². The second-order valence-corrected chi connectivity index (χ2v) is 8.70. The molecule has 0 bridgehead atoms. The molecular weight excluding hydrogens is 493 g/mol. The first-order valence-corrected chi connectivity index (χ1v) is 11.0. The van der Waals surface area contributed by atoms with Crippen molar-refractivity contribution >= 4 is 44.3 Å². The molecule has 1 saturated heterocycles. The summed E-state index contributed by atoms with van der Waals surface area (Å²) >= 11 is 2.19.